The molecule has 1 rings (SSSR count). The van der Waals surface area contributed by atoms with E-state index in [4.69, 9.17) is 14.2 Å². The third-order valence-corrected chi connectivity index (χ3v) is 17.0. The number of hydrogen-bond donors (Lipinski definition) is 6. The van der Waals surface area contributed by atoms with Gasteiger partial charge in [-0.25, -0.2) is 0 Å². The van der Waals surface area contributed by atoms with E-state index >= 15 is 0 Å². The van der Waals surface area contributed by atoms with Gasteiger partial charge in [0.05, 0.1) is 25.4 Å². The number of esters is 1. The average Bonchev–Trinajstić information content (AvgIpc) is 0.828. The van der Waals surface area contributed by atoms with E-state index in [9.17, 15) is 35.1 Å². The van der Waals surface area contributed by atoms with Gasteiger partial charge in [-0.05, 0) is 122 Å². The zero-order chi connectivity index (χ0) is 68.1. The summed E-state index contributed by atoms with van der Waals surface area (Å²) in [7, 11) is 0. The van der Waals surface area contributed by atoms with Crippen molar-refractivity contribution in [2.75, 3.05) is 13.2 Å². The van der Waals surface area contributed by atoms with Crippen LogP contribution in [0.4, 0.5) is 0 Å². The van der Waals surface area contributed by atoms with E-state index in [-0.39, 0.29) is 19.4 Å². The van der Waals surface area contributed by atoms with E-state index in [0.29, 0.717) is 12.8 Å². The molecule has 6 N–H and O–H groups in total. The molecule has 0 saturated carbocycles. The maximum atomic E-state index is 13.5. The molecule has 1 fully saturated rings. The Morgan fingerprint density at radius 2 is 0.766 bits per heavy atom. The second-order valence-corrected chi connectivity index (χ2v) is 25.6. The molecule has 8 atom stereocenters. The monoisotopic (exact) mass is 1310 g/mol. The lowest BCUT2D eigenvalue weighted by atomic mass is 9.99. The third-order valence-electron chi connectivity index (χ3n) is 17.0. The van der Waals surface area contributed by atoms with Gasteiger partial charge in [0.1, 0.15) is 24.4 Å². The number of unbranched alkanes of at least 4 members (excludes halogenated alkanes) is 28. The lowest BCUT2D eigenvalue weighted by Crippen LogP contribution is -2.61. The second kappa shape index (κ2) is 68.5. The Bertz CT molecular complexity index is 2100. The van der Waals surface area contributed by atoms with Crippen LogP contribution in [0.1, 0.15) is 303 Å². The molecule has 0 aliphatic carbocycles. The van der Waals surface area contributed by atoms with Crippen LogP contribution < -0.4 is 5.32 Å². The topological polar surface area (TPSA) is 175 Å². The lowest BCUT2D eigenvalue weighted by Gasteiger charge is -2.41. The fraction of sp³-hybridized carbons (Fsp3) is 0.687. The summed E-state index contributed by atoms with van der Waals surface area (Å²) in [6, 6.07) is -1.04. The number of hydrogen-bond acceptors (Lipinski definition) is 10. The summed E-state index contributed by atoms with van der Waals surface area (Å²) in [6.07, 6.45) is 88.8. The summed E-state index contributed by atoms with van der Waals surface area (Å²) in [5.74, 6) is -1.21. The van der Waals surface area contributed by atoms with Crippen molar-refractivity contribution in [1.82, 2.24) is 5.32 Å². The molecule has 0 aromatic rings. The Morgan fingerprint density at radius 1 is 0.426 bits per heavy atom. The molecule has 1 heterocycles. The fourth-order valence-corrected chi connectivity index (χ4v) is 11.1. The Labute approximate surface area is 575 Å². The normalized spacial score (nSPS) is 18.7. The molecule has 8 unspecified atom stereocenters. The number of amides is 1. The largest absolute Gasteiger partial charge is 0.454 e. The van der Waals surface area contributed by atoms with Gasteiger partial charge in [0.25, 0.3) is 0 Å². The van der Waals surface area contributed by atoms with Crippen LogP contribution in [0.2, 0.25) is 0 Å². The quantitative estimate of drug-likeness (QED) is 0.0195. The number of nitrogens with one attached hydrogen (secondary N) is 1. The van der Waals surface area contributed by atoms with Gasteiger partial charge in [-0.15, -0.1) is 0 Å². The number of allylic oxidation sites excluding steroid dienone is 23. The SMILES string of the molecule is CC/C=C\C/C=C\C/C=C\C/C=C\C/C=C\C/C=C\CCCCCCCCCC(O)C(=O)NC(COC1OC(CO)C(O)C(O)C1OC(=O)CCCCCCCCCCCCC/C=C\C/C=C\C/C=C\C/C=C\C/C=C\CC)C(O)/C=C/CCCCCCCCCCCC. The van der Waals surface area contributed by atoms with Crippen molar-refractivity contribution in [2.45, 2.75) is 352 Å². The molecule has 11 heteroatoms. The first-order chi connectivity index (χ1) is 46.2. The van der Waals surface area contributed by atoms with Crippen molar-refractivity contribution in [3.8, 4) is 0 Å². The molecule has 1 saturated heterocycles. The van der Waals surface area contributed by atoms with E-state index in [1.54, 1.807) is 6.08 Å². The van der Waals surface area contributed by atoms with Crippen molar-refractivity contribution in [2.24, 2.45) is 0 Å². The minimum absolute atomic E-state index is 0.111. The average molecular weight is 1310 g/mol. The van der Waals surface area contributed by atoms with E-state index in [0.717, 1.165) is 167 Å². The molecule has 0 bridgehead atoms. The first-order valence-corrected chi connectivity index (χ1v) is 38.1. The van der Waals surface area contributed by atoms with Crippen LogP contribution in [0.25, 0.3) is 0 Å². The first-order valence-electron chi connectivity index (χ1n) is 38.1. The summed E-state index contributed by atoms with van der Waals surface area (Å²) >= 11 is 0. The molecule has 0 spiro atoms. The highest BCUT2D eigenvalue weighted by Gasteiger charge is 2.47. The Kier molecular flexibility index (Phi) is 63.8. The highest BCUT2D eigenvalue weighted by atomic mass is 16.7. The molecule has 11 nitrogen and oxygen atoms in total. The molecule has 0 aromatic heterocycles. The predicted molar refractivity (Wildman–Crippen MR) is 397 cm³/mol. The summed E-state index contributed by atoms with van der Waals surface area (Å²) in [5.41, 5.74) is 0. The minimum Gasteiger partial charge on any atom is -0.454 e. The van der Waals surface area contributed by atoms with E-state index < -0.39 is 67.4 Å². The number of rotatable bonds is 64. The van der Waals surface area contributed by atoms with Crippen LogP contribution in [-0.4, -0.2) is 99.6 Å². The van der Waals surface area contributed by atoms with Gasteiger partial charge in [0.15, 0.2) is 12.4 Å². The highest BCUT2D eigenvalue weighted by molar-refractivity contribution is 5.80. The number of carbonyl (C=O) groups is 2. The van der Waals surface area contributed by atoms with Gasteiger partial charge >= 0.3 is 5.97 Å². The lowest BCUT2D eigenvalue weighted by molar-refractivity contribution is -0.305. The van der Waals surface area contributed by atoms with Crippen LogP contribution in [0.15, 0.2) is 146 Å². The number of ether oxygens (including phenoxy) is 3. The van der Waals surface area contributed by atoms with E-state index in [2.05, 4.69) is 160 Å². The Balaban J connectivity index is 2.54. The van der Waals surface area contributed by atoms with Crippen LogP contribution in [0.3, 0.4) is 0 Å². The van der Waals surface area contributed by atoms with Crippen molar-refractivity contribution < 1.29 is 49.3 Å². The molecule has 94 heavy (non-hydrogen) atoms. The summed E-state index contributed by atoms with van der Waals surface area (Å²) < 4.78 is 17.7. The van der Waals surface area contributed by atoms with Crippen LogP contribution in [0, 0.1) is 0 Å². The second-order valence-electron chi connectivity index (χ2n) is 25.6. The predicted octanol–water partition coefficient (Wildman–Crippen LogP) is 20.5. The Hall–Kier alpha value is -4.46. The van der Waals surface area contributed by atoms with E-state index in [1.807, 2.05) is 6.08 Å². The van der Waals surface area contributed by atoms with E-state index in [1.165, 1.54) is 89.9 Å². The van der Waals surface area contributed by atoms with Crippen molar-refractivity contribution >= 4 is 11.9 Å². The van der Waals surface area contributed by atoms with Crippen molar-refractivity contribution in [3.05, 3.63) is 146 Å². The number of aliphatic hydroxyl groups excluding tert-OH is 5. The number of carbonyl (C=O) groups excluding carboxylic acids is 2. The maximum Gasteiger partial charge on any atom is 0.306 e. The standard InChI is InChI=1S/C83H139NO10/c1-4-7-10-13-16-19-22-25-27-29-31-33-35-37-39-41-43-45-47-49-51-53-56-59-62-65-68-71-78(88)94-81-80(90)79(89)77(72-85)93-83(81)92-73-74(75(86)69-66-63-60-57-54-24-21-18-15-12-9-6-3)84-82(91)76(87)70-67-64-61-58-55-52-50-48-46-44-42-40-38-36-34-32-30-28-26-23-20-17-14-11-8-5-2/h7-8,10-11,16-17,19-20,25-28,31-34,37-40,44,46,66,69,74-77,79-81,83,85-87,89-90H,4-6,9,12-15,18,21-24,29-30,35-36,41-43,45,47-65,67-68,70-73H2,1-3H3,(H,84,91)/b10-7-,11-8-,19-16-,20-17-,27-25-,28-26-,33-31-,34-32-,39-37-,40-38-,46-44-,69-66+. The summed E-state index contributed by atoms with van der Waals surface area (Å²) in [5, 5.41) is 57.4. The molecular weight excluding hydrogens is 1170 g/mol. The molecule has 0 aromatic carbocycles. The highest BCUT2D eigenvalue weighted by Crippen LogP contribution is 2.26. The maximum absolute atomic E-state index is 13.5. The smallest absolute Gasteiger partial charge is 0.306 e. The van der Waals surface area contributed by atoms with Gasteiger partial charge < -0.3 is 45.1 Å². The van der Waals surface area contributed by atoms with Gasteiger partial charge in [-0.3, -0.25) is 9.59 Å². The minimum atomic E-state index is -1.63. The van der Waals surface area contributed by atoms with Crippen LogP contribution in [-0.2, 0) is 23.8 Å². The zero-order valence-corrected chi connectivity index (χ0v) is 59.8. The van der Waals surface area contributed by atoms with Gasteiger partial charge in [0, 0.05) is 6.42 Å². The third kappa shape index (κ3) is 54.6. The van der Waals surface area contributed by atoms with Gasteiger partial charge in [-0.2, -0.15) is 0 Å². The number of aliphatic hydroxyl groups is 5. The molecule has 1 aliphatic rings. The fourth-order valence-electron chi connectivity index (χ4n) is 11.1. The van der Waals surface area contributed by atoms with Crippen LogP contribution in [0.5, 0.6) is 0 Å². The van der Waals surface area contributed by atoms with Gasteiger partial charge in [0.2, 0.25) is 5.91 Å². The zero-order valence-electron chi connectivity index (χ0n) is 59.8. The summed E-state index contributed by atoms with van der Waals surface area (Å²) in [4.78, 5) is 26.8. The van der Waals surface area contributed by atoms with Gasteiger partial charge in [-0.1, -0.05) is 321 Å². The summed E-state index contributed by atoms with van der Waals surface area (Å²) in [6.45, 7) is 5.58. The van der Waals surface area contributed by atoms with Crippen molar-refractivity contribution in [1.29, 1.82) is 0 Å². The molecule has 536 valence electrons. The van der Waals surface area contributed by atoms with Crippen LogP contribution >= 0.6 is 0 Å². The molecular formula is C83H139NO10. The molecule has 0 radical (unpaired) electrons. The van der Waals surface area contributed by atoms with Crippen molar-refractivity contribution in [3.63, 3.8) is 0 Å². The first kappa shape index (κ1) is 87.6. The Morgan fingerprint density at radius 3 is 1.15 bits per heavy atom. The molecule has 1 aliphatic heterocycles. The molecule has 1 amide bonds.